The molecule has 1 saturated heterocycles. The number of nitrogens with zero attached hydrogens (tertiary/aromatic N) is 3. The van der Waals surface area contributed by atoms with Crippen molar-refractivity contribution < 1.29 is 14.3 Å². The van der Waals surface area contributed by atoms with Crippen molar-refractivity contribution in [1.82, 2.24) is 9.88 Å². The summed E-state index contributed by atoms with van der Waals surface area (Å²) in [6.45, 7) is 4.63. The predicted molar refractivity (Wildman–Crippen MR) is 127 cm³/mol. The fraction of sp³-hybridized carbons (Fsp3) is 0.292. The fourth-order valence-corrected chi connectivity index (χ4v) is 5.24. The molecule has 2 amide bonds. The lowest BCUT2D eigenvalue weighted by Gasteiger charge is -2.32. The van der Waals surface area contributed by atoms with Gasteiger partial charge in [0.15, 0.2) is 5.13 Å². The lowest BCUT2D eigenvalue weighted by Crippen LogP contribution is -2.36. The van der Waals surface area contributed by atoms with Crippen LogP contribution in [0.5, 0.6) is 0 Å². The molecule has 1 atom stereocenters. The minimum atomic E-state index is -0.325. The Kier molecular flexibility index (Phi) is 5.63. The van der Waals surface area contributed by atoms with Crippen LogP contribution >= 0.6 is 11.3 Å². The maximum absolute atomic E-state index is 12.9. The smallest absolute Gasteiger partial charge is 0.226 e. The van der Waals surface area contributed by atoms with E-state index in [1.165, 1.54) is 6.92 Å². The number of rotatable bonds is 4. The topological polar surface area (TPSA) is 74.8 Å². The van der Waals surface area contributed by atoms with E-state index >= 15 is 0 Å². The highest BCUT2D eigenvalue weighted by Gasteiger charge is 2.28. The molecule has 164 valence electrons. The van der Waals surface area contributed by atoms with Gasteiger partial charge in [-0.1, -0.05) is 35.6 Å². The van der Waals surface area contributed by atoms with Crippen LogP contribution in [0, 0.1) is 0 Å². The number of nitrogens with one attached hydrogen (secondary N) is 1. The van der Waals surface area contributed by atoms with Crippen LogP contribution < -0.4 is 10.2 Å². The zero-order valence-corrected chi connectivity index (χ0v) is 18.6. The zero-order valence-electron chi connectivity index (χ0n) is 17.8. The quantitative estimate of drug-likeness (QED) is 0.652. The number of anilines is 2. The first-order valence-corrected chi connectivity index (χ1v) is 11.5. The van der Waals surface area contributed by atoms with E-state index in [1.54, 1.807) is 22.4 Å². The van der Waals surface area contributed by atoms with E-state index in [2.05, 4.69) is 10.2 Å². The summed E-state index contributed by atoms with van der Waals surface area (Å²) < 4.78 is 6.45. The molecule has 2 aliphatic heterocycles. The molecule has 1 aromatic heterocycles. The number of carbonyl (C=O) groups is 2. The van der Waals surface area contributed by atoms with Crippen molar-refractivity contribution in [2.75, 3.05) is 36.5 Å². The number of amides is 2. The molecular weight excluding hydrogens is 424 g/mol. The van der Waals surface area contributed by atoms with Crippen LogP contribution in [0.1, 0.15) is 30.5 Å². The zero-order chi connectivity index (χ0) is 22.1. The van der Waals surface area contributed by atoms with Crippen LogP contribution in [-0.2, 0) is 14.3 Å². The molecule has 0 bridgehead atoms. The van der Waals surface area contributed by atoms with E-state index < -0.39 is 0 Å². The van der Waals surface area contributed by atoms with E-state index in [-0.39, 0.29) is 24.3 Å². The van der Waals surface area contributed by atoms with Crippen molar-refractivity contribution >= 4 is 50.3 Å². The molecule has 2 aromatic carbocycles. The Morgan fingerprint density at radius 1 is 1.19 bits per heavy atom. The van der Waals surface area contributed by atoms with Gasteiger partial charge in [0.25, 0.3) is 0 Å². The van der Waals surface area contributed by atoms with Crippen LogP contribution in [0.25, 0.3) is 16.3 Å². The molecule has 32 heavy (non-hydrogen) atoms. The Bertz CT molecular complexity index is 1200. The number of ether oxygens (including phenoxy) is 1. The molecule has 2 aliphatic rings. The number of fused-ring (bicyclic) bond motifs is 2. The Labute approximate surface area is 190 Å². The number of hydrogen-bond donors (Lipinski definition) is 1. The van der Waals surface area contributed by atoms with Crippen molar-refractivity contribution in [3.8, 4) is 0 Å². The molecule has 8 heteroatoms. The van der Waals surface area contributed by atoms with Gasteiger partial charge in [0.2, 0.25) is 11.8 Å². The van der Waals surface area contributed by atoms with Gasteiger partial charge >= 0.3 is 0 Å². The number of carbonyl (C=O) groups excluding carboxylic acids is 2. The summed E-state index contributed by atoms with van der Waals surface area (Å²) in [5, 5.41) is 3.99. The maximum Gasteiger partial charge on any atom is 0.226 e. The molecule has 0 radical (unpaired) electrons. The molecule has 0 spiro atoms. The van der Waals surface area contributed by atoms with E-state index in [0.717, 1.165) is 45.3 Å². The molecule has 5 rings (SSSR count). The molecule has 0 aliphatic carbocycles. The van der Waals surface area contributed by atoms with Crippen molar-refractivity contribution in [1.29, 1.82) is 0 Å². The lowest BCUT2D eigenvalue weighted by atomic mass is 9.93. The van der Waals surface area contributed by atoms with Crippen molar-refractivity contribution in [2.45, 2.75) is 19.4 Å². The number of thiazole rings is 1. The van der Waals surface area contributed by atoms with Crippen LogP contribution in [0.2, 0.25) is 0 Å². The Hall–Kier alpha value is -3.23. The molecule has 3 aromatic rings. The molecule has 0 saturated carbocycles. The van der Waals surface area contributed by atoms with Crippen LogP contribution in [0.4, 0.5) is 10.8 Å². The van der Waals surface area contributed by atoms with Gasteiger partial charge in [0.1, 0.15) is 0 Å². The molecule has 1 fully saturated rings. The van der Waals surface area contributed by atoms with Crippen molar-refractivity contribution in [3.63, 3.8) is 0 Å². The Morgan fingerprint density at radius 3 is 2.81 bits per heavy atom. The monoisotopic (exact) mass is 448 g/mol. The van der Waals surface area contributed by atoms with E-state index in [1.807, 2.05) is 48.5 Å². The number of benzene rings is 2. The number of aromatic nitrogens is 1. The standard InChI is InChI=1S/C24H24N4O3S/c1-16(29)28-9-8-17-4-2-3-5-19(17)21(28)15-23(30)25-18-6-7-20-22(14-18)32-24(26-20)27-10-12-31-13-11-27/h2-9,14,21H,10-13,15H2,1H3,(H,25,30)/t21-/m1/s1. The summed E-state index contributed by atoms with van der Waals surface area (Å²) >= 11 is 1.62. The minimum absolute atomic E-state index is 0.0877. The van der Waals surface area contributed by atoms with E-state index in [0.29, 0.717) is 13.2 Å². The first kappa shape index (κ1) is 20.7. The predicted octanol–water partition coefficient (Wildman–Crippen LogP) is 4.04. The summed E-state index contributed by atoms with van der Waals surface area (Å²) in [5.41, 5.74) is 3.66. The molecular formula is C24H24N4O3S. The van der Waals surface area contributed by atoms with E-state index in [4.69, 9.17) is 9.72 Å². The van der Waals surface area contributed by atoms with Gasteiger partial charge in [-0.3, -0.25) is 9.59 Å². The number of morpholine rings is 1. The highest BCUT2D eigenvalue weighted by molar-refractivity contribution is 7.22. The SMILES string of the molecule is CC(=O)N1C=Cc2ccccc2[C@H]1CC(=O)Nc1ccc2nc(N3CCOCC3)sc2c1. The summed E-state index contributed by atoms with van der Waals surface area (Å²) in [5.74, 6) is -0.223. The van der Waals surface area contributed by atoms with Gasteiger partial charge in [0, 0.05) is 31.9 Å². The molecule has 0 unspecified atom stereocenters. The van der Waals surface area contributed by atoms with Gasteiger partial charge in [-0.15, -0.1) is 0 Å². The normalized spacial score (nSPS) is 18.0. The third-order valence-electron chi connectivity index (χ3n) is 5.79. The Balaban J connectivity index is 1.33. The van der Waals surface area contributed by atoms with Crippen molar-refractivity contribution in [2.24, 2.45) is 0 Å². The number of hydrogen-bond acceptors (Lipinski definition) is 6. The van der Waals surface area contributed by atoms with Gasteiger partial charge in [-0.2, -0.15) is 0 Å². The van der Waals surface area contributed by atoms with Gasteiger partial charge in [0.05, 0.1) is 35.9 Å². The van der Waals surface area contributed by atoms with Crippen LogP contribution in [0.3, 0.4) is 0 Å². The highest BCUT2D eigenvalue weighted by atomic mass is 32.1. The van der Waals surface area contributed by atoms with Gasteiger partial charge in [-0.05, 0) is 35.4 Å². The molecule has 1 N–H and O–H groups in total. The first-order valence-electron chi connectivity index (χ1n) is 10.7. The fourth-order valence-electron chi connectivity index (χ4n) is 4.18. The summed E-state index contributed by atoms with van der Waals surface area (Å²) in [4.78, 5) is 33.7. The third kappa shape index (κ3) is 4.11. The average Bonchev–Trinajstić information content (AvgIpc) is 3.23. The van der Waals surface area contributed by atoms with Gasteiger partial charge in [-0.25, -0.2) is 4.98 Å². The highest BCUT2D eigenvalue weighted by Crippen LogP contribution is 2.34. The van der Waals surface area contributed by atoms with Crippen LogP contribution in [0.15, 0.2) is 48.7 Å². The lowest BCUT2D eigenvalue weighted by molar-refractivity contribution is -0.129. The van der Waals surface area contributed by atoms with Crippen LogP contribution in [-0.4, -0.2) is 48.0 Å². The third-order valence-corrected chi connectivity index (χ3v) is 6.87. The second-order valence-electron chi connectivity index (χ2n) is 7.92. The summed E-state index contributed by atoms with van der Waals surface area (Å²) in [6.07, 6.45) is 3.86. The average molecular weight is 449 g/mol. The molecule has 3 heterocycles. The maximum atomic E-state index is 12.9. The van der Waals surface area contributed by atoms with Crippen molar-refractivity contribution in [3.05, 3.63) is 59.8 Å². The summed E-state index contributed by atoms with van der Waals surface area (Å²) in [6, 6.07) is 13.3. The van der Waals surface area contributed by atoms with E-state index in [9.17, 15) is 9.59 Å². The first-order chi connectivity index (χ1) is 15.6. The minimum Gasteiger partial charge on any atom is -0.378 e. The largest absolute Gasteiger partial charge is 0.378 e. The Morgan fingerprint density at radius 2 is 2.00 bits per heavy atom. The van der Waals surface area contributed by atoms with Gasteiger partial charge < -0.3 is 19.9 Å². The second kappa shape index (κ2) is 8.72. The summed E-state index contributed by atoms with van der Waals surface area (Å²) in [7, 11) is 0. The molecule has 7 nitrogen and oxygen atoms in total. The second-order valence-corrected chi connectivity index (χ2v) is 8.93.